The molecule has 2 aromatic carbocycles. The molecule has 1 heterocycles. The molecule has 27 heavy (non-hydrogen) atoms. The lowest BCUT2D eigenvalue weighted by Crippen LogP contribution is -2.34. The Kier molecular flexibility index (Phi) is 6.60. The molecule has 5 heteroatoms. The summed E-state index contributed by atoms with van der Waals surface area (Å²) in [7, 11) is 1.64. The van der Waals surface area contributed by atoms with Crippen molar-refractivity contribution in [3.63, 3.8) is 0 Å². The van der Waals surface area contributed by atoms with Gasteiger partial charge in [0.25, 0.3) is 0 Å². The van der Waals surface area contributed by atoms with E-state index in [1.54, 1.807) is 7.11 Å². The number of carbonyl (C=O) groups excluding carboxylic acids is 2. The fraction of sp³-hybridized carbons (Fsp3) is 0.364. The molecule has 0 bridgehead atoms. The van der Waals surface area contributed by atoms with Crippen LogP contribution in [-0.4, -0.2) is 43.5 Å². The zero-order chi connectivity index (χ0) is 19.1. The van der Waals surface area contributed by atoms with Crippen molar-refractivity contribution in [1.29, 1.82) is 0 Å². The smallest absolute Gasteiger partial charge is 0.227 e. The number of hydrogen-bond acceptors (Lipinski definition) is 3. The Balaban J connectivity index is 1.64. The zero-order valence-electron chi connectivity index (χ0n) is 15.8. The van der Waals surface area contributed by atoms with E-state index in [1.165, 1.54) is 0 Å². The van der Waals surface area contributed by atoms with Crippen molar-refractivity contribution < 1.29 is 14.3 Å². The number of rotatable bonds is 8. The van der Waals surface area contributed by atoms with Gasteiger partial charge in [0, 0.05) is 38.9 Å². The quantitative estimate of drug-likeness (QED) is 0.722. The lowest BCUT2D eigenvalue weighted by molar-refractivity contribution is -0.131. The van der Waals surface area contributed by atoms with Gasteiger partial charge in [0.1, 0.15) is 0 Å². The summed E-state index contributed by atoms with van der Waals surface area (Å²) in [4.78, 5) is 28.3. The van der Waals surface area contributed by atoms with Gasteiger partial charge >= 0.3 is 0 Å². The molecule has 1 fully saturated rings. The van der Waals surface area contributed by atoms with E-state index >= 15 is 0 Å². The van der Waals surface area contributed by atoms with E-state index in [-0.39, 0.29) is 11.8 Å². The normalized spacial score (nSPS) is 13.8. The molecular weight excluding hydrogens is 340 g/mol. The highest BCUT2D eigenvalue weighted by Gasteiger charge is 2.21. The van der Waals surface area contributed by atoms with Gasteiger partial charge in [0.2, 0.25) is 11.8 Å². The van der Waals surface area contributed by atoms with Crippen molar-refractivity contribution in [2.45, 2.75) is 25.8 Å². The molecule has 142 valence electrons. The number of benzene rings is 2. The minimum absolute atomic E-state index is 0.0703. The van der Waals surface area contributed by atoms with E-state index in [1.807, 2.05) is 64.4 Å². The molecule has 0 atom stereocenters. The van der Waals surface area contributed by atoms with Gasteiger partial charge in [-0.1, -0.05) is 42.5 Å². The average Bonchev–Trinajstić information content (AvgIpc) is 3.12. The number of methoxy groups -OCH3 is 1. The summed E-state index contributed by atoms with van der Waals surface area (Å²) in [6, 6.07) is 17.7. The first-order valence-corrected chi connectivity index (χ1v) is 9.37. The Morgan fingerprint density at radius 3 is 2.44 bits per heavy atom. The minimum atomic E-state index is 0.0703. The van der Waals surface area contributed by atoms with Gasteiger partial charge in [-0.05, 0) is 29.7 Å². The summed E-state index contributed by atoms with van der Waals surface area (Å²) >= 11 is 0. The van der Waals surface area contributed by atoms with Crippen LogP contribution < -0.4 is 4.90 Å². The summed E-state index contributed by atoms with van der Waals surface area (Å²) in [5.41, 5.74) is 2.96. The maximum absolute atomic E-state index is 12.8. The van der Waals surface area contributed by atoms with Crippen LogP contribution in [0.4, 0.5) is 5.69 Å². The molecule has 1 aliphatic heterocycles. The van der Waals surface area contributed by atoms with E-state index in [2.05, 4.69) is 0 Å². The predicted molar refractivity (Wildman–Crippen MR) is 105 cm³/mol. The average molecular weight is 366 g/mol. The first kappa shape index (κ1) is 19.1. The van der Waals surface area contributed by atoms with Crippen LogP contribution in [0.2, 0.25) is 0 Å². The van der Waals surface area contributed by atoms with Gasteiger partial charge < -0.3 is 14.5 Å². The molecule has 2 amide bonds. The summed E-state index contributed by atoms with van der Waals surface area (Å²) in [6.45, 7) is 2.42. The monoisotopic (exact) mass is 366 g/mol. The van der Waals surface area contributed by atoms with E-state index in [4.69, 9.17) is 4.74 Å². The van der Waals surface area contributed by atoms with Gasteiger partial charge in [-0.2, -0.15) is 0 Å². The molecule has 0 saturated carbocycles. The molecule has 0 spiro atoms. The van der Waals surface area contributed by atoms with Gasteiger partial charge in [0.05, 0.1) is 13.0 Å². The van der Waals surface area contributed by atoms with Gasteiger partial charge in [-0.25, -0.2) is 0 Å². The van der Waals surface area contributed by atoms with Crippen molar-refractivity contribution in [2.75, 3.05) is 31.7 Å². The number of carbonyl (C=O) groups is 2. The van der Waals surface area contributed by atoms with Crippen LogP contribution in [0.1, 0.15) is 24.0 Å². The third-order valence-electron chi connectivity index (χ3n) is 4.81. The van der Waals surface area contributed by atoms with Crippen LogP contribution in [0.3, 0.4) is 0 Å². The van der Waals surface area contributed by atoms with Crippen molar-refractivity contribution in [1.82, 2.24) is 4.90 Å². The van der Waals surface area contributed by atoms with Crippen LogP contribution in [-0.2, 0) is 27.3 Å². The third-order valence-corrected chi connectivity index (χ3v) is 4.81. The van der Waals surface area contributed by atoms with E-state index in [9.17, 15) is 9.59 Å². The highest BCUT2D eigenvalue weighted by Crippen LogP contribution is 2.22. The van der Waals surface area contributed by atoms with Crippen molar-refractivity contribution in [3.05, 3.63) is 65.7 Å². The molecule has 0 unspecified atom stereocenters. The van der Waals surface area contributed by atoms with Gasteiger partial charge in [-0.15, -0.1) is 0 Å². The van der Waals surface area contributed by atoms with Gasteiger partial charge in [-0.3, -0.25) is 9.59 Å². The van der Waals surface area contributed by atoms with Crippen molar-refractivity contribution >= 4 is 17.5 Å². The van der Waals surface area contributed by atoms with E-state index in [0.29, 0.717) is 32.5 Å². The minimum Gasteiger partial charge on any atom is -0.383 e. The Hall–Kier alpha value is -2.66. The molecule has 2 aromatic rings. The molecule has 0 aliphatic carbocycles. The molecule has 5 nitrogen and oxygen atoms in total. The molecule has 0 aromatic heterocycles. The fourth-order valence-corrected chi connectivity index (χ4v) is 3.30. The summed E-state index contributed by atoms with van der Waals surface area (Å²) in [5, 5.41) is 0. The molecule has 1 aliphatic rings. The Bertz CT molecular complexity index is 759. The molecular formula is C22H26N2O3. The second-order valence-electron chi connectivity index (χ2n) is 6.79. The second-order valence-corrected chi connectivity index (χ2v) is 6.79. The lowest BCUT2D eigenvalue weighted by Gasteiger charge is -2.23. The zero-order valence-corrected chi connectivity index (χ0v) is 15.8. The number of hydrogen-bond donors (Lipinski definition) is 0. The van der Waals surface area contributed by atoms with E-state index < -0.39 is 0 Å². The Labute approximate surface area is 160 Å². The molecule has 0 N–H and O–H groups in total. The van der Waals surface area contributed by atoms with Crippen LogP contribution >= 0.6 is 0 Å². The predicted octanol–water partition coefficient (Wildman–Crippen LogP) is 3.03. The van der Waals surface area contributed by atoms with Crippen LogP contribution in [0.15, 0.2) is 54.6 Å². The largest absolute Gasteiger partial charge is 0.383 e. The van der Waals surface area contributed by atoms with Crippen LogP contribution in [0.5, 0.6) is 0 Å². The maximum atomic E-state index is 12.8. The van der Waals surface area contributed by atoms with Gasteiger partial charge in [0.15, 0.2) is 0 Å². The summed E-state index contributed by atoms with van der Waals surface area (Å²) in [5.74, 6) is 0.244. The SMILES string of the molecule is COCCN(Cc1ccccc1)C(=O)Cc1ccc(N2CCCC2=O)cc1. The number of nitrogens with zero attached hydrogens (tertiary/aromatic N) is 2. The molecule has 3 rings (SSSR count). The third kappa shape index (κ3) is 5.17. The lowest BCUT2D eigenvalue weighted by atomic mass is 10.1. The topological polar surface area (TPSA) is 49.9 Å². The molecule has 0 radical (unpaired) electrons. The second kappa shape index (κ2) is 9.33. The molecule has 1 saturated heterocycles. The first-order chi connectivity index (χ1) is 13.2. The Morgan fingerprint density at radius 2 is 1.81 bits per heavy atom. The summed E-state index contributed by atoms with van der Waals surface area (Å²) < 4.78 is 5.16. The van der Waals surface area contributed by atoms with Crippen molar-refractivity contribution in [3.8, 4) is 0 Å². The van der Waals surface area contributed by atoms with E-state index in [0.717, 1.165) is 29.8 Å². The number of ether oxygens (including phenoxy) is 1. The first-order valence-electron chi connectivity index (χ1n) is 9.37. The highest BCUT2D eigenvalue weighted by molar-refractivity contribution is 5.95. The van der Waals surface area contributed by atoms with Crippen molar-refractivity contribution in [2.24, 2.45) is 0 Å². The van der Waals surface area contributed by atoms with Crippen LogP contribution in [0.25, 0.3) is 0 Å². The number of anilines is 1. The standard InChI is InChI=1S/C22H26N2O3/c1-27-15-14-23(17-19-6-3-2-4-7-19)22(26)16-18-9-11-20(12-10-18)24-13-5-8-21(24)25/h2-4,6-7,9-12H,5,8,13-17H2,1H3. The Morgan fingerprint density at radius 1 is 1.07 bits per heavy atom. The summed E-state index contributed by atoms with van der Waals surface area (Å²) in [6.07, 6.45) is 1.87. The number of amides is 2. The van der Waals surface area contributed by atoms with Crippen LogP contribution in [0, 0.1) is 0 Å². The maximum Gasteiger partial charge on any atom is 0.227 e. The highest BCUT2D eigenvalue weighted by atomic mass is 16.5. The fourth-order valence-electron chi connectivity index (χ4n) is 3.30.